The summed E-state index contributed by atoms with van der Waals surface area (Å²) in [6.07, 6.45) is 4.44. The maximum absolute atomic E-state index is 12.0. The van der Waals surface area contributed by atoms with E-state index in [0.717, 1.165) is 5.56 Å². The summed E-state index contributed by atoms with van der Waals surface area (Å²) in [5, 5.41) is 9.11. The molecule has 2 rings (SSSR count). The number of carbonyl (C=O) groups is 2. The Balaban J connectivity index is 2.00. The minimum atomic E-state index is -0.208. The Morgan fingerprint density at radius 1 is 1.33 bits per heavy atom. The maximum Gasteiger partial charge on any atom is 0.228 e. The molecule has 1 amide bonds. The van der Waals surface area contributed by atoms with Gasteiger partial charge in [-0.25, -0.2) is 0 Å². The van der Waals surface area contributed by atoms with Gasteiger partial charge in [-0.05, 0) is 18.6 Å². The van der Waals surface area contributed by atoms with Crippen LogP contribution >= 0.6 is 24.0 Å². The normalized spacial score (nSPS) is 10.4. The predicted molar refractivity (Wildman–Crippen MR) is 84.4 cm³/mol. The molecule has 0 saturated carbocycles. The van der Waals surface area contributed by atoms with E-state index in [-0.39, 0.29) is 17.4 Å². The van der Waals surface area contributed by atoms with Gasteiger partial charge in [0.2, 0.25) is 11.0 Å². The monoisotopic (exact) mass is 322 g/mol. The average Bonchev–Trinajstić information content (AvgIpc) is 2.96. The van der Waals surface area contributed by atoms with Gasteiger partial charge < -0.3 is 0 Å². The number of thiol groups is 1. The average molecular weight is 322 g/mol. The van der Waals surface area contributed by atoms with E-state index in [9.17, 15) is 9.59 Å². The molecule has 0 bridgehead atoms. The van der Waals surface area contributed by atoms with Crippen molar-refractivity contribution in [1.82, 2.24) is 15.2 Å². The molecule has 0 spiro atoms. The molecule has 21 heavy (non-hydrogen) atoms. The molecule has 0 atom stereocenters. The summed E-state index contributed by atoms with van der Waals surface area (Å²) < 4.78 is 0. The fourth-order valence-electron chi connectivity index (χ4n) is 1.62. The van der Waals surface area contributed by atoms with Crippen LogP contribution in [0.2, 0.25) is 0 Å². The zero-order valence-corrected chi connectivity index (χ0v) is 13.1. The lowest BCUT2D eigenvalue weighted by Crippen LogP contribution is -2.25. The number of pyridine rings is 1. The molecule has 0 aliphatic rings. The minimum Gasteiger partial charge on any atom is -0.290 e. The molecule has 0 aromatic carbocycles. The second-order valence-electron chi connectivity index (χ2n) is 4.33. The Morgan fingerprint density at radius 3 is 2.81 bits per heavy atom. The highest BCUT2D eigenvalue weighted by Gasteiger charge is 2.16. The van der Waals surface area contributed by atoms with E-state index in [1.54, 1.807) is 19.4 Å². The molecule has 8 heteroatoms. The second-order valence-corrected chi connectivity index (χ2v) is 5.79. The van der Waals surface area contributed by atoms with Crippen LogP contribution < -0.4 is 4.90 Å². The summed E-state index contributed by atoms with van der Waals surface area (Å²) >= 11 is 5.00. The van der Waals surface area contributed by atoms with E-state index >= 15 is 0 Å². The standard InChI is InChI=1S/C13H14N4O2S2/c1-17(10(18)5-2-6-11(19)20)13-16-15-12(21-13)9-4-3-7-14-8-9/h3-4,7-8H,2,5-6H2,1H3,(H,19,20). The van der Waals surface area contributed by atoms with Gasteiger partial charge in [-0.2, -0.15) is 0 Å². The van der Waals surface area contributed by atoms with Gasteiger partial charge in [0.1, 0.15) is 0 Å². The minimum absolute atomic E-state index is 0.0986. The van der Waals surface area contributed by atoms with Crippen LogP contribution in [0.15, 0.2) is 24.5 Å². The number of hydrogen-bond donors (Lipinski definition) is 1. The lowest BCUT2D eigenvalue weighted by Gasteiger charge is -2.12. The first-order chi connectivity index (χ1) is 10.1. The number of aromatic nitrogens is 3. The van der Waals surface area contributed by atoms with Crippen molar-refractivity contribution < 1.29 is 9.59 Å². The zero-order valence-electron chi connectivity index (χ0n) is 11.4. The molecular formula is C13H14N4O2S2. The summed E-state index contributed by atoms with van der Waals surface area (Å²) in [6.45, 7) is 0. The van der Waals surface area contributed by atoms with Crippen molar-refractivity contribution in [3.8, 4) is 10.6 Å². The largest absolute Gasteiger partial charge is 0.290 e. The highest BCUT2D eigenvalue weighted by atomic mass is 32.1. The van der Waals surface area contributed by atoms with E-state index in [2.05, 4.69) is 27.8 Å². The Labute approximate surface area is 131 Å². The maximum atomic E-state index is 12.0. The molecule has 0 unspecified atom stereocenters. The van der Waals surface area contributed by atoms with E-state index < -0.39 is 0 Å². The van der Waals surface area contributed by atoms with Crippen molar-refractivity contribution in [2.24, 2.45) is 0 Å². The Hall–Kier alpha value is -1.80. The summed E-state index contributed by atoms with van der Waals surface area (Å²) in [6, 6.07) is 3.71. The third-order valence-electron chi connectivity index (χ3n) is 2.77. The van der Waals surface area contributed by atoms with Crippen LogP contribution in [0.3, 0.4) is 0 Å². The number of amides is 1. The first-order valence-corrected chi connectivity index (χ1v) is 7.56. The summed E-state index contributed by atoms with van der Waals surface area (Å²) in [5.41, 5.74) is 0.864. The van der Waals surface area contributed by atoms with Gasteiger partial charge >= 0.3 is 0 Å². The lowest BCUT2D eigenvalue weighted by atomic mass is 10.2. The fraction of sp³-hybridized carbons (Fsp3) is 0.308. The second kappa shape index (κ2) is 7.28. The zero-order chi connectivity index (χ0) is 15.2. The summed E-state index contributed by atoms with van der Waals surface area (Å²) in [7, 11) is 1.65. The Bertz CT molecular complexity index is 630. The van der Waals surface area contributed by atoms with E-state index in [4.69, 9.17) is 0 Å². The van der Waals surface area contributed by atoms with Crippen molar-refractivity contribution >= 4 is 40.1 Å². The first kappa shape index (κ1) is 15.6. The third-order valence-corrected chi connectivity index (χ3v) is 4.04. The molecule has 0 radical (unpaired) electrons. The fourth-order valence-corrected chi connectivity index (χ4v) is 2.59. The van der Waals surface area contributed by atoms with Crippen LogP contribution in [-0.2, 0) is 9.59 Å². The molecule has 110 valence electrons. The Morgan fingerprint density at radius 2 is 2.14 bits per heavy atom. The molecule has 0 aliphatic carbocycles. The van der Waals surface area contributed by atoms with Crippen LogP contribution in [0, 0.1) is 0 Å². The van der Waals surface area contributed by atoms with Crippen LogP contribution in [0.1, 0.15) is 19.3 Å². The number of hydrogen-bond acceptors (Lipinski definition) is 6. The smallest absolute Gasteiger partial charge is 0.228 e. The van der Waals surface area contributed by atoms with Gasteiger partial charge in [-0.1, -0.05) is 11.3 Å². The van der Waals surface area contributed by atoms with Crippen molar-refractivity contribution in [2.75, 3.05) is 11.9 Å². The molecule has 0 fully saturated rings. The van der Waals surface area contributed by atoms with Crippen molar-refractivity contribution in [3.63, 3.8) is 0 Å². The number of nitrogens with zero attached hydrogens (tertiary/aromatic N) is 4. The van der Waals surface area contributed by atoms with Gasteiger partial charge in [0, 0.05) is 37.8 Å². The topological polar surface area (TPSA) is 76.1 Å². The summed E-state index contributed by atoms with van der Waals surface area (Å²) in [4.78, 5) is 28.2. The third kappa shape index (κ3) is 4.33. The van der Waals surface area contributed by atoms with Crippen LogP contribution in [-0.4, -0.2) is 33.3 Å². The van der Waals surface area contributed by atoms with Gasteiger partial charge in [-0.3, -0.25) is 19.5 Å². The van der Waals surface area contributed by atoms with Crippen molar-refractivity contribution in [3.05, 3.63) is 24.5 Å². The highest BCUT2D eigenvalue weighted by Crippen LogP contribution is 2.27. The molecule has 6 nitrogen and oxygen atoms in total. The van der Waals surface area contributed by atoms with Crippen LogP contribution in [0.5, 0.6) is 0 Å². The first-order valence-electron chi connectivity index (χ1n) is 6.30. The number of carbonyl (C=O) groups excluding carboxylic acids is 2. The quantitative estimate of drug-likeness (QED) is 0.825. The van der Waals surface area contributed by atoms with Crippen molar-refractivity contribution in [1.29, 1.82) is 0 Å². The molecule has 2 aromatic heterocycles. The molecule has 0 aliphatic heterocycles. The molecule has 0 saturated heterocycles. The summed E-state index contributed by atoms with van der Waals surface area (Å²) in [5.74, 6) is -0.0986. The van der Waals surface area contributed by atoms with Gasteiger partial charge in [0.25, 0.3) is 0 Å². The number of anilines is 1. The van der Waals surface area contributed by atoms with Gasteiger partial charge in [0.15, 0.2) is 10.1 Å². The number of rotatable bonds is 6. The van der Waals surface area contributed by atoms with Crippen LogP contribution in [0.25, 0.3) is 10.6 Å². The lowest BCUT2D eigenvalue weighted by molar-refractivity contribution is -0.118. The van der Waals surface area contributed by atoms with Gasteiger partial charge in [-0.15, -0.1) is 22.8 Å². The van der Waals surface area contributed by atoms with E-state index in [0.29, 0.717) is 23.0 Å². The van der Waals surface area contributed by atoms with Crippen molar-refractivity contribution in [2.45, 2.75) is 19.3 Å². The SMILES string of the molecule is CN(C(=O)CCCC(=O)S)c1nnc(-c2cccnc2)s1. The highest BCUT2D eigenvalue weighted by molar-refractivity contribution is 7.96. The van der Waals surface area contributed by atoms with Gasteiger partial charge in [0.05, 0.1) is 0 Å². The molecule has 2 heterocycles. The molecular weight excluding hydrogens is 308 g/mol. The van der Waals surface area contributed by atoms with E-state index in [1.165, 1.54) is 16.2 Å². The molecule has 0 N–H and O–H groups in total. The van der Waals surface area contributed by atoms with Crippen LogP contribution in [0.4, 0.5) is 5.13 Å². The molecule has 2 aromatic rings. The van der Waals surface area contributed by atoms with E-state index in [1.807, 2.05) is 12.1 Å². The predicted octanol–water partition coefficient (Wildman–Crippen LogP) is 2.19. The Kier molecular flexibility index (Phi) is 5.40.